The van der Waals surface area contributed by atoms with Crippen LogP contribution in [0.5, 0.6) is 0 Å². The van der Waals surface area contributed by atoms with Crippen LogP contribution >= 0.6 is 34.2 Å². The van der Waals surface area contributed by atoms with Crippen LogP contribution in [-0.4, -0.2) is 4.98 Å². The standard InChI is InChI=1S/C5H3ClINO/c6-4-3(7)1-2-8-5(4)9/h1-2H,(H,8,9). The lowest BCUT2D eigenvalue weighted by molar-refractivity contribution is 1.23. The molecule has 48 valence electrons. The first-order chi connectivity index (χ1) is 4.22. The first-order valence-electron chi connectivity index (χ1n) is 2.24. The van der Waals surface area contributed by atoms with E-state index in [0.717, 1.165) is 3.57 Å². The second kappa shape index (κ2) is 2.70. The van der Waals surface area contributed by atoms with Crippen molar-refractivity contribution in [1.29, 1.82) is 0 Å². The SMILES string of the molecule is O=c1[nH]ccc(I)c1Cl. The molecule has 1 rings (SSSR count). The quantitative estimate of drug-likeness (QED) is 0.702. The Morgan fingerprint density at radius 1 is 1.67 bits per heavy atom. The Morgan fingerprint density at radius 2 is 2.33 bits per heavy atom. The molecule has 0 unspecified atom stereocenters. The van der Waals surface area contributed by atoms with Gasteiger partial charge in [0.15, 0.2) is 0 Å². The molecule has 0 bridgehead atoms. The zero-order valence-corrected chi connectivity index (χ0v) is 7.23. The number of aromatic nitrogens is 1. The van der Waals surface area contributed by atoms with Crippen molar-refractivity contribution >= 4 is 34.2 Å². The Labute approximate surface area is 70.4 Å². The molecular weight excluding hydrogens is 252 g/mol. The van der Waals surface area contributed by atoms with E-state index in [4.69, 9.17) is 11.6 Å². The first kappa shape index (κ1) is 7.08. The maximum atomic E-state index is 10.6. The summed E-state index contributed by atoms with van der Waals surface area (Å²) < 4.78 is 0.776. The molecule has 0 aliphatic rings. The van der Waals surface area contributed by atoms with Crippen LogP contribution in [0.15, 0.2) is 17.1 Å². The molecule has 0 aliphatic carbocycles. The van der Waals surface area contributed by atoms with E-state index in [-0.39, 0.29) is 10.6 Å². The van der Waals surface area contributed by atoms with Gasteiger partial charge in [-0.3, -0.25) is 4.79 Å². The van der Waals surface area contributed by atoms with Crippen molar-refractivity contribution in [1.82, 2.24) is 4.98 Å². The third-order valence-corrected chi connectivity index (χ3v) is 2.45. The average molecular weight is 255 g/mol. The lowest BCUT2D eigenvalue weighted by atomic mass is 10.5. The molecule has 1 aromatic rings. The molecule has 4 heteroatoms. The molecule has 0 spiro atoms. The predicted molar refractivity (Wildman–Crippen MR) is 44.8 cm³/mol. The highest BCUT2D eigenvalue weighted by Crippen LogP contribution is 2.10. The summed E-state index contributed by atoms with van der Waals surface area (Å²) in [6.07, 6.45) is 1.57. The van der Waals surface area contributed by atoms with Gasteiger partial charge in [-0.25, -0.2) is 0 Å². The zero-order chi connectivity index (χ0) is 6.85. The molecule has 1 heterocycles. The van der Waals surface area contributed by atoms with Gasteiger partial charge in [0.25, 0.3) is 5.56 Å². The van der Waals surface area contributed by atoms with Gasteiger partial charge in [-0.2, -0.15) is 0 Å². The average Bonchev–Trinajstić information content (AvgIpc) is 1.83. The van der Waals surface area contributed by atoms with Gasteiger partial charge in [-0.15, -0.1) is 0 Å². The maximum Gasteiger partial charge on any atom is 0.267 e. The molecule has 0 amide bonds. The Hall–Kier alpha value is -0.0300. The molecular formula is C5H3ClINO. The molecule has 0 aliphatic heterocycles. The van der Waals surface area contributed by atoms with Crippen LogP contribution in [0.3, 0.4) is 0 Å². The molecule has 0 radical (unpaired) electrons. The summed E-state index contributed by atoms with van der Waals surface area (Å²) in [5.41, 5.74) is -0.233. The number of aromatic amines is 1. The van der Waals surface area contributed by atoms with Crippen LogP contribution in [0.25, 0.3) is 0 Å². The highest BCUT2D eigenvalue weighted by molar-refractivity contribution is 14.1. The largest absolute Gasteiger partial charge is 0.328 e. The maximum absolute atomic E-state index is 10.6. The third-order valence-electron chi connectivity index (χ3n) is 0.853. The second-order valence-electron chi connectivity index (χ2n) is 1.47. The van der Waals surface area contributed by atoms with Gasteiger partial charge in [0.2, 0.25) is 0 Å². The van der Waals surface area contributed by atoms with E-state index >= 15 is 0 Å². The van der Waals surface area contributed by atoms with Crippen molar-refractivity contribution in [3.05, 3.63) is 31.2 Å². The van der Waals surface area contributed by atoms with Crippen molar-refractivity contribution in [2.24, 2.45) is 0 Å². The van der Waals surface area contributed by atoms with Gasteiger partial charge in [0, 0.05) is 9.77 Å². The molecule has 0 fully saturated rings. The Kier molecular flexibility index (Phi) is 2.13. The Bertz CT molecular complexity index is 270. The molecule has 0 saturated heterocycles. The van der Waals surface area contributed by atoms with Gasteiger partial charge in [0.05, 0.1) is 0 Å². The number of hydrogen-bond donors (Lipinski definition) is 1. The third kappa shape index (κ3) is 1.46. The minimum absolute atomic E-state index is 0.233. The lowest BCUT2D eigenvalue weighted by Gasteiger charge is -1.89. The van der Waals surface area contributed by atoms with Crippen LogP contribution in [0.1, 0.15) is 0 Å². The van der Waals surface area contributed by atoms with Crippen LogP contribution < -0.4 is 5.56 Å². The van der Waals surface area contributed by atoms with Crippen molar-refractivity contribution in [3.8, 4) is 0 Å². The van der Waals surface area contributed by atoms with Crippen molar-refractivity contribution in [3.63, 3.8) is 0 Å². The summed E-state index contributed by atoms with van der Waals surface area (Å²) in [4.78, 5) is 13.1. The van der Waals surface area contributed by atoms with Gasteiger partial charge in [-0.05, 0) is 28.7 Å². The van der Waals surface area contributed by atoms with Crippen LogP contribution in [0.2, 0.25) is 5.02 Å². The smallest absolute Gasteiger partial charge is 0.267 e. The van der Waals surface area contributed by atoms with Gasteiger partial charge in [-0.1, -0.05) is 11.6 Å². The van der Waals surface area contributed by atoms with Crippen LogP contribution in [0.4, 0.5) is 0 Å². The highest BCUT2D eigenvalue weighted by atomic mass is 127. The van der Waals surface area contributed by atoms with E-state index in [9.17, 15) is 4.79 Å². The van der Waals surface area contributed by atoms with E-state index in [1.54, 1.807) is 12.3 Å². The van der Waals surface area contributed by atoms with Gasteiger partial charge >= 0.3 is 0 Å². The number of H-pyrrole nitrogens is 1. The number of nitrogens with one attached hydrogen (secondary N) is 1. The lowest BCUT2D eigenvalue weighted by Crippen LogP contribution is -2.05. The fourth-order valence-corrected chi connectivity index (χ4v) is 0.978. The van der Waals surface area contributed by atoms with E-state index in [1.165, 1.54) is 0 Å². The summed E-state index contributed by atoms with van der Waals surface area (Å²) in [6, 6.07) is 1.74. The summed E-state index contributed by atoms with van der Waals surface area (Å²) in [5.74, 6) is 0. The predicted octanol–water partition coefficient (Wildman–Crippen LogP) is 1.63. The molecule has 0 aromatic carbocycles. The van der Waals surface area contributed by atoms with E-state index < -0.39 is 0 Å². The Morgan fingerprint density at radius 3 is 2.78 bits per heavy atom. The number of halogens is 2. The monoisotopic (exact) mass is 255 g/mol. The molecule has 1 aromatic heterocycles. The minimum atomic E-state index is -0.233. The topological polar surface area (TPSA) is 32.9 Å². The van der Waals surface area contributed by atoms with E-state index in [0.29, 0.717) is 0 Å². The summed E-state index contributed by atoms with van der Waals surface area (Å²) in [5, 5.41) is 0.262. The van der Waals surface area contributed by atoms with E-state index in [1.807, 2.05) is 22.6 Å². The second-order valence-corrected chi connectivity index (χ2v) is 3.01. The molecule has 0 saturated carbocycles. The van der Waals surface area contributed by atoms with Crippen molar-refractivity contribution in [2.75, 3.05) is 0 Å². The number of pyridine rings is 1. The number of hydrogen-bond acceptors (Lipinski definition) is 1. The molecule has 2 nitrogen and oxygen atoms in total. The number of rotatable bonds is 0. The molecule has 1 N–H and O–H groups in total. The van der Waals surface area contributed by atoms with Gasteiger partial charge < -0.3 is 4.98 Å². The minimum Gasteiger partial charge on any atom is -0.328 e. The summed E-state index contributed by atoms with van der Waals surface area (Å²) >= 11 is 7.52. The highest BCUT2D eigenvalue weighted by Gasteiger charge is 1.97. The fourth-order valence-electron chi connectivity index (χ4n) is 0.436. The van der Waals surface area contributed by atoms with Crippen LogP contribution in [-0.2, 0) is 0 Å². The van der Waals surface area contributed by atoms with Crippen LogP contribution in [0, 0.1) is 3.57 Å². The first-order valence-corrected chi connectivity index (χ1v) is 3.70. The summed E-state index contributed by atoms with van der Waals surface area (Å²) in [7, 11) is 0. The van der Waals surface area contributed by atoms with Crippen molar-refractivity contribution < 1.29 is 0 Å². The van der Waals surface area contributed by atoms with E-state index in [2.05, 4.69) is 4.98 Å². The molecule has 9 heavy (non-hydrogen) atoms. The fraction of sp³-hybridized carbons (Fsp3) is 0. The zero-order valence-electron chi connectivity index (χ0n) is 4.32. The summed E-state index contributed by atoms with van der Waals surface area (Å²) in [6.45, 7) is 0. The molecule has 0 atom stereocenters. The normalized spacial score (nSPS) is 9.56. The Balaban J connectivity index is 3.43. The van der Waals surface area contributed by atoms with Gasteiger partial charge in [0.1, 0.15) is 5.02 Å². The van der Waals surface area contributed by atoms with Crippen molar-refractivity contribution in [2.45, 2.75) is 0 Å².